The first-order chi connectivity index (χ1) is 14.3. The molecule has 2 amide bonds. The monoisotopic (exact) mass is 445 g/mol. The van der Waals surface area contributed by atoms with Gasteiger partial charge in [-0.1, -0.05) is 0 Å². The summed E-state index contributed by atoms with van der Waals surface area (Å²) in [5.74, 6) is -2.59. The van der Waals surface area contributed by atoms with Gasteiger partial charge in [0.25, 0.3) is 5.91 Å². The summed E-state index contributed by atoms with van der Waals surface area (Å²) in [5.41, 5.74) is -0.393. The largest absolute Gasteiger partial charge is 0.573 e. The molecule has 1 aromatic heterocycles. The first kappa shape index (κ1) is 22.7. The number of fused-ring (bicyclic) bond motifs is 1. The molecule has 0 saturated carbocycles. The van der Waals surface area contributed by atoms with E-state index in [9.17, 15) is 27.2 Å². The smallest absolute Gasteiger partial charge is 0.444 e. The van der Waals surface area contributed by atoms with Crippen LogP contribution in [-0.4, -0.2) is 53.0 Å². The van der Waals surface area contributed by atoms with Gasteiger partial charge < -0.3 is 24.7 Å². The van der Waals surface area contributed by atoms with Crippen molar-refractivity contribution in [1.29, 1.82) is 0 Å². The number of hydrogen-bond donors (Lipinski definition) is 2. The molecule has 1 saturated heterocycles. The quantitative estimate of drug-likeness (QED) is 0.689. The lowest BCUT2D eigenvalue weighted by molar-refractivity contribution is -0.275. The molecule has 2 aromatic rings. The van der Waals surface area contributed by atoms with Gasteiger partial charge in [0.15, 0.2) is 11.6 Å². The minimum atomic E-state index is -5.03. The number of alkyl carbamates (subject to hydrolysis) is 1. The summed E-state index contributed by atoms with van der Waals surface area (Å²) in [6, 6.07) is 2.76. The summed E-state index contributed by atoms with van der Waals surface area (Å²) in [5, 5.41) is 2.94. The molecule has 2 N–H and O–H groups in total. The lowest BCUT2D eigenvalue weighted by Crippen LogP contribution is -2.50. The van der Waals surface area contributed by atoms with Crippen molar-refractivity contribution in [3.63, 3.8) is 0 Å². The van der Waals surface area contributed by atoms with E-state index in [4.69, 9.17) is 4.74 Å². The summed E-state index contributed by atoms with van der Waals surface area (Å²) in [4.78, 5) is 29.1. The number of aromatic nitrogens is 1. The number of nitrogens with zero attached hydrogens (tertiary/aromatic N) is 1. The van der Waals surface area contributed by atoms with E-state index >= 15 is 0 Å². The van der Waals surface area contributed by atoms with Crippen LogP contribution < -0.4 is 10.1 Å². The zero-order chi connectivity index (χ0) is 23.0. The number of carbonyl (C=O) groups excluding carboxylic acids is 2. The molecule has 1 aliphatic heterocycles. The third-order valence-electron chi connectivity index (χ3n) is 4.56. The van der Waals surface area contributed by atoms with Gasteiger partial charge in [-0.15, -0.1) is 13.2 Å². The average Bonchev–Trinajstić information content (AvgIpc) is 3.01. The fraction of sp³-hybridized carbons (Fsp3) is 0.500. The van der Waals surface area contributed by atoms with Crippen molar-refractivity contribution >= 4 is 22.9 Å². The van der Waals surface area contributed by atoms with Crippen molar-refractivity contribution in [3.05, 3.63) is 29.7 Å². The molecule has 1 fully saturated rings. The normalized spacial score (nSPS) is 17.5. The Morgan fingerprint density at radius 3 is 2.55 bits per heavy atom. The van der Waals surface area contributed by atoms with Gasteiger partial charge in [-0.05, 0) is 45.7 Å². The molecular weight excluding hydrogens is 422 g/mol. The highest BCUT2D eigenvalue weighted by molar-refractivity contribution is 5.98. The lowest BCUT2D eigenvalue weighted by Gasteiger charge is -2.33. The van der Waals surface area contributed by atoms with Gasteiger partial charge in [0, 0.05) is 36.1 Å². The van der Waals surface area contributed by atoms with E-state index in [2.05, 4.69) is 15.0 Å². The fourth-order valence-electron chi connectivity index (χ4n) is 3.38. The fourth-order valence-corrected chi connectivity index (χ4v) is 3.38. The SMILES string of the molecule is CC(C)(C)OC(=O)NC1CCCN(C(=O)c2cc3cc(OC(F)(F)F)c(F)cc3[nH]2)C1. The molecule has 0 spiro atoms. The molecular formula is C20H23F4N3O4. The van der Waals surface area contributed by atoms with Crippen molar-refractivity contribution in [2.75, 3.05) is 13.1 Å². The molecule has 31 heavy (non-hydrogen) atoms. The highest BCUT2D eigenvalue weighted by atomic mass is 19.4. The summed E-state index contributed by atoms with van der Waals surface area (Å²) < 4.78 is 60.1. The standard InChI is InChI=1S/C20H23F4N3O4/c1-19(2,3)31-18(29)25-12-5-4-6-27(10-12)17(28)15-7-11-8-16(30-20(22,23)24)13(21)9-14(11)26-15/h7-9,12,26H,4-6,10H2,1-3H3,(H,25,29). The number of rotatable bonds is 3. The number of benzene rings is 1. The third kappa shape index (κ3) is 6.02. The highest BCUT2D eigenvalue weighted by Crippen LogP contribution is 2.30. The van der Waals surface area contributed by atoms with Crippen LogP contribution in [0.1, 0.15) is 44.1 Å². The zero-order valence-electron chi connectivity index (χ0n) is 17.2. The predicted octanol–water partition coefficient (Wildman–Crippen LogP) is 4.33. The van der Waals surface area contributed by atoms with Crippen LogP contribution in [0.3, 0.4) is 0 Å². The van der Waals surface area contributed by atoms with Gasteiger partial charge in [0.1, 0.15) is 11.3 Å². The number of hydrogen-bond acceptors (Lipinski definition) is 4. The Morgan fingerprint density at radius 1 is 1.19 bits per heavy atom. The van der Waals surface area contributed by atoms with Gasteiger partial charge in [0.05, 0.1) is 0 Å². The number of ether oxygens (including phenoxy) is 2. The van der Waals surface area contributed by atoms with Gasteiger partial charge in [-0.25, -0.2) is 9.18 Å². The van der Waals surface area contributed by atoms with Crippen molar-refractivity contribution in [2.24, 2.45) is 0 Å². The number of likely N-dealkylation sites (tertiary alicyclic amines) is 1. The molecule has 1 aromatic carbocycles. The molecule has 11 heteroatoms. The second-order valence-electron chi connectivity index (χ2n) is 8.34. The van der Waals surface area contributed by atoms with Gasteiger partial charge in [0.2, 0.25) is 0 Å². The first-order valence-corrected chi connectivity index (χ1v) is 9.67. The molecule has 0 radical (unpaired) electrons. The Hall–Kier alpha value is -2.98. The average molecular weight is 445 g/mol. The number of halogens is 4. The molecule has 0 bridgehead atoms. The van der Waals surface area contributed by atoms with Crippen molar-refractivity contribution < 1.29 is 36.6 Å². The Bertz CT molecular complexity index is 981. The van der Waals surface area contributed by atoms with Crippen LogP contribution in [0, 0.1) is 5.82 Å². The van der Waals surface area contributed by atoms with Crippen molar-refractivity contribution in [1.82, 2.24) is 15.2 Å². The number of carbonyl (C=O) groups is 2. The topological polar surface area (TPSA) is 83.7 Å². The number of nitrogens with one attached hydrogen (secondary N) is 2. The highest BCUT2D eigenvalue weighted by Gasteiger charge is 2.33. The Morgan fingerprint density at radius 2 is 1.90 bits per heavy atom. The van der Waals surface area contributed by atoms with Crippen LogP contribution in [0.25, 0.3) is 10.9 Å². The van der Waals surface area contributed by atoms with Gasteiger partial charge in [-0.3, -0.25) is 4.79 Å². The van der Waals surface area contributed by atoms with Crippen molar-refractivity contribution in [3.8, 4) is 5.75 Å². The molecule has 1 unspecified atom stereocenters. The minimum absolute atomic E-state index is 0.0940. The lowest BCUT2D eigenvalue weighted by atomic mass is 10.1. The summed E-state index contributed by atoms with van der Waals surface area (Å²) in [6.45, 7) is 5.91. The maximum atomic E-state index is 13.9. The number of amides is 2. The van der Waals surface area contributed by atoms with E-state index in [1.807, 2.05) is 0 Å². The van der Waals surface area contributed by atoms with Crippen LogP contribution >= 0.6 is 0 Å². The van der Waals surface area contributed by atoms with E-state index in [-0.39, 0.29) is 29.2 Å². The van der Waals surface area contributed by atoms with Crippen LogP contribution in [0.15, 0.2) is 18.2 Å². The van der Waals surface area contributed by atoms with Crippen LogP contribution in [0.2, 0.25) is 0 Å². The second kappa shape index (κ2) is 8.27. The maximum Gasteiger partial charge on any atom is 0.573 e. The summed E-state index contributed by atoms with van der Waals surface area (Å²) in [7, 11) is 0. The summed E-state index contributed by atoms with van der Waals surface area (Å²) in [6.07, 6.45) is -4.30. The molecule has 1 aliphatic rings. The van der Waals surface area contributed by atoms with E-state index in [1.54, 1.807) is 20.8 Å². The molecule has 0 aliphatic carbocycles. The second-order valence-corrected chi connectivity index (χ2v) is 8.34. The van der Waals surface area contributed by atoms with Crippen LogP contribution in [0.4, 0.5) is 22.4 Å². The van der Waals surface area contributed by atoms with E-state index < -0.39 is 35.5 Å². The minimum Gasteiger partial charge on any atom is -0.444 e. The first-order valence-electron chi connectivity index (χ1n) is 9.67. The number of aromatic amines is 1. The Balaban J connectivity index is 1.72. The van der Waals surface area contributed by atoms with Gasteiger partial charge >= 0.3 is 12.5 Å². The number of H-pyrrole nitrogens is 1. The molecule has 1 atom stereocenters. The van der Waals surface area contributed by atoms with Gasteiger partial charge in [-0.2, -0.15) is 0 Å². The third-order valence-corrected chi connectivity index (χ3v) is 4.56. The van der Waals surface area contributed by atoms with E-state index in [0.717, 1.165) is 12.1 Å². The van der Waals surface area contributed by atoms with E-state index in [1.165, 1.54) is 11.0 Å². The van der Waals surface area contributed by atoms with Crippen molar-refractivity contribution in [2.45, 2.75) is 51.6 Å². The Kier molecular flexibility index (Phi) is 6.06. The Labute approximate surface area is 175 Å². The predicted molar refractivity (Wildman–Crippen MR) is 103 cm³/mol. The molecule has 3 rings (SSSR count). The van der Waals surface area contributed by atoms with Crippen LogP contribution in [-0.2, 0) is 4.74 Å². The number of piperidine rings is 1. The molecule has 2 heterocycles. The van der Waals surface area contributed by atoms with E-state index in [0.29, 0.717) is 19.4 Å². The number of alkyl halides is 3. The summed E-state index contributed by atoms with van der Waals surface area (Å²) >= 11 is 0. The molecule has 170 valence electrons. The zero-order valence-corrected chi connectivity index (χ0v) is 17.2. The van der Waals surface area contributed by atoms with Crippen LogP contribution in [0.5, 0.6) is 5.75 Å². The molecule has 7 nitrogen and oxygen atoms in total. The maximum absolute atomic E-state index is 13.9.